The van der Waals surface area contributed by atoms with E-state index in [1.165, 1.54) is 30.6 Å². The Morgan fingerprint density at radius 1 is 1.43 bits per heavy atom. The lowest BCUT2D eigenvalue weighted by Gasteiger charge is -2.27. The van der Waals surface area contributed by atoms with Crippen LogP contribution >= 0.6 is 22.9 Å². The first-order valence-corrected chi connectivity index (χ1v) is 6.59. The summed E-state index contributed by atoms with van der Waals surface area (Å²) in [4.78, 5) is 1.40. The zero-order chi connectivity index (χ0) is 9.86. The number of alkyl halides is 1. The van der Waals surface area contributed by atoms with Gasteiger partial charge in [0, 0.05) is 22.8 Å². The number of hydrogen-bond acceptors (Lipinski definition) is 2. The van der Waals surface area contributed by atoms with Crippen LogP contribution in [0.25, 0.3) is 0 Å². The lowest BCUT2D eigenvalue weighted by Crippen LogP contribution is -2.43. The van der Waals surface area contributed by atoms with E-state index in [0.29, 0.717) is 0 Å². The molecule has 0 spiro atoms. The zero-order valence-corrected chi connectivity index (χ0v) is 9.83. The minimum absolute atomic E-state index is 0.228. The van der Waals surface area contributed by atoms with Crippen molar-refractivity contribution in [3.63, 3.8) is 0 Å². The molecule has 0 amide bonds. The number of nitrogens with one attached hydrogen (secondary N) is 1. The highest BCUT2D eigenvalue weighted by molar-refractivity contribution is 7.09. The Morgan fingerprint density at radius 3 is 2.79 bits per heavy atom. The molecule has 0 aromatic carbocycles. The highest BCUT2D eigenvalue weighted by atomic mass is 35.5. The predicted molar refractivity (Wildman–Crippen MR) is 63.1 cm³/mol. The Balaban J connectivity index is 1.89. The summed E-state index contributed by atoms with van der Waals surface area (Å²) in [5, 5.41) is 5.75. The van der Waals surface area contributed by atoms with Crippen molar-refractivity contribution in [2.75, 3.05) is 5.88 Å². The third kappa shape index (κ3) is 2.30. The maximum atomic E-state index is 6.05. The van der Waals surface area contributed by atoms with Gasteiger partial charge in [0.1, 0.15) is 0 Å². The highest BCUT2D eigenvalue weighted by Gasteiger charge is 2.32. The van der Waals surface area contributed by atoms with Crippen molar-refractivity contribution in [1.29, 1.82) is 0 Å². The topological polar surface area (TPSA) is 12.0 Å². The van der Waals surface area contributed by atoms with Crippen LogP contribution in [-0.4, -0.2) is 11.4 Å². The molecule has 2 rings (SSSR count). The Labute approximate surface area is 94.5 Å². The van der Waals surface area contributed by atoms with Crippen molar-refractivity contribution < 1.29 is 0 Å². The van der Waals surface area contributed by atoms with Gasteiger partial charge in [0.2, 0.25) is 0 Å². The lowest BCUT2D eigenvalue weighted by atomic mass is 10.0. The molecule has 0 bridgehead atoms. The van der Waals surface area contributed by atoms with E-state index in [1.54, 1.807) is 0 Å². The molecular formula is C11H16ClNS. The van der Waals surface area contributed by atoms with Crippen molar-refractivity contribution >= 4 is 22.9 Å². The second-order valence-electron chi connectivity index (χ2n) is 4.05. The molecule has 1 nitrogen and oxygen atoms in total. The van der Waals surface area contributed by atoms with Gasteiger partial charge in [-0.1, -0.05) is 18.9 Å². The molecule has 1 aliphatic carbocycles. The smallest absolute Gasteiger partial charge is 0.0406 e. The first kappa shape index (κ1) is 10.5. The van der Waals surface area contributed by atoms with Crippen LogP contribution in [-0.2, 0) is 6.54 Å². The predicted octanol–water partition coefficient (Wildman–Crippen LogP) is 3.39. The van der Waals surface area contributed by atoms with Gasteiger partial charge in [0.05, 0.1) is 0 Å². The first-order valence-electron chi connectivity index (χ1n) is 5.18. The monoisotopic (exact) mass is 229 g/mol. The molecule has 1 aromatic rings. The maximum Gasteiger partial charge on any atom is 0.0406 e. The summed E-state index contributed by atoms with van der Waals surface area (Å²) in [6, 6.07) is 4.28. The molecule has 1 N–H and O–H groups in total. The van der Waals surface area contributed by atoms with Gasteiger partial charge in [-0.15, -0.1) is 22.9 Å². The maximum absolute atomic E-state index is 6.05. The van der Waals surface area contributed by atoms with Crippen molar-refractivity contribution in [2.45, 2.75) is 37.8 Å². The van der Waals surface area contributed by atoms with Crippen LogP contribution < -0.4 is 5.32 Å². The Bertz CT molecular complexity index is 265. The fourth-order valence-electron chi connectivity index (χ4n) is 2.10. The van der Waals surface area contributed by atoms with Crippen LogP contribution in [0.3, 0.4) is 0 Å². The van der Waals surface area contributed by atoms with Gasteiger partial charge in [-0.2, -0.15) is 0 Å². The second kappa shape index (κ2) is 4.65. The lowest BCUT2D eigenvalue weighted by molar-refractivity contribution is 0.369. The van der Waals surface area contributed by atoms with E-state index >= 15 is 0 Å². The van der Waals surface area contributed by atoms with Gasteiger partial charge in [0.25, 0.3) is 0 Å². The number of hydrogen-bond donors (Lipinski definition) is 1. The van der Waals surface area contributed by atoms with Crippen LogP contribution in [0.2, 0.25) is 0 Å². The molecule has 1 saturated carbocycles. The van der Waals surface area contributed by atoms with Gasteiger partial charge in [-0.05, 0) is 24.3 Å². The van der Waals surface area contributed by atoms with Crippen LogP contribution in [0, 0.1) is 0 Å². The first-order chi connectivity index (χ1) is 6.85. The van der Waals surface area contributed by atoms with Crippen LogP contribution in [0.15, 0.2) is 17.5 Å². The Morgan fingerprint density at radius 2 is 2.21 bits per heavy atom. The molecule has 1 fully saturated rings. The SMILES string of the molecule is ClCC1(NCc2cccs2)CCCC1. The van der Waals surface area contributed by atoms with E-state index in [1.807, 2.05) is 11.3 Å². The minimum atomic E-state index is 0.228. The van der Waals surface area contributed by atoms with Crippen molar-refractivity contribution in [1.82, 2.24) is 5.32 Å². The van der Waals surface area contributed by atoms with Crippen molar-refractivity contribution in [3.8, 4) is 0 Å². The quantitative estimate of drug-likeness (QED) is 0.781. The molecule has 1 heterocycles. The number of halogens is 1. The van der Waals surface area contributed by atoms with Gasteiger partial charge >= 0.3 is 0 Å². The molecule has 14 heavy (non-hydrogen) atoms. The molecule has 0 saturated heterocycles. The number of thiophene rings is 1. The molecular weight excluding hydrogens is 214 g/mol. The molecule has 1 aliphatic rings. The normalized spacial score (nSPS) is 20.1. The fraction of sp³-hybridized carbons (Fsp3) is 0.636. The average molecular weight is 230 g/mol. The molecule has 0 aliphatic heterocycles. The minimum Gasteiger partial charge on any atom is -0.305 e. The molecule has 0 unspecified atom stereocenters. The molecule has 1 aromatic heterocycles. The Hall–Kier alpha value is -0.0500. The second-order valence-corrected chi connectivity index (χ2v) is 5.35. The molecule has 78 valence electrons. The van der Waals surface area contributed by atoms with Crippen LogP contribution in [0.5, 0.6) is 0 Å². The van der Waals surface area contributed by atoms with E-state index < -0.39 is 0 Å². The van der Waals surface area contributed by atoms with Gasteiger partial charge < -0.3 is 5.32 Å². The summed E-state index contributed by atoms with van der Waals surface area (Å²) < 4.78 is 0. The van der Waals surface area contributed by atoms with Gasteiger partial charge in [-0.25, -0.2) is 0 Å². The van der Waals surface area contributed by atoms with Crippen LogP contribution in [0.1, 0.15) is 30.6 Å². The van der Waals surface area contributed by atoms with Gasteiger partial charge in [-0.3, -0.25) is 0 Å². The van der Waals surface area contributed by atoms with Gasteiger partial charge in [0.15, 0.2) is 0 Å². The van der Waals surface area contributed by atoms with Crippen molar-refractivity contribution in [2.24, 2.45) is 0 Å². The molecule has 3 heteroatoms. The summed E-state index contributed by atoms with van der Waals surface area (Å²) in [7, 11) is 0. The summed E-state index contributed by atoms with van der Waals surface area (Å²) in [5.41, 5.74) is 0.228. The van der Waals surface area contributed by atoms with Crippen molar-refractivity contribution in [3.05, 3.63) is 22.4 Å². The van der Waals surface area contributed by atoms with E-state index in [9.17, 15) is 0 Å². The molecule has 0 radical (unpaired) electrons. The standard InChI is InChI=1S/C11H16ClNS/c12-9-11(5-1-2-6-11)13-8-10-4-3-7-14-10/h3-4,7,13H,1-2,5-6,8-9H2. The third-order valence-electron chi connectivity index (χ3n) is 3.03. The summed E-state index contributed by atoms with van der Waals surface area (Å²) in [5.74, 6) is 0.748. The average Bonchev–Trinajstić information content (AvgIpc) is 2.87. The third-order valence-corrected chi connectivity index (χ3v) is 4.42. The summed E-state index contributed by atoms with van der Waals surface area (Å²) in [6.45, 7) is 0.977. The van der Waals surface area contributed by atoms with E-state index in [-0.39, 0.29) is 5.54 Å². The summed E-state index contributed by atoms with van der Waals surface area (Å²) >= 11 is 7.86. The molecule has 0 atom stereocenters. The van der Waals surface area contributed by atoms with E-state index in [4.69, 9.17) is 11.6 Å². The fourth-order valence-corrected chi connectivity index (χ4v) is 3.10. The summed E-state index contributed by atoms with van der Waals surface area (Å²) in [6.07, 6.45) is 5.12. The number of rotatable bonds is 4. The van der Waals surface area contributed by atoms with E-state index in [0.717, 1.165) is 12.4 Å². The van der Waals surface area contributed by atoms with Crippen LogP contribution in [0.4, 0.5) is 0 Å². The largest absolute Gasteiger partial charge is 0.305 e. The van der Waals surface area contributed by atoms with E-state index in [2.05, 4.69) is 22.8 Å². The zero-order valence-electron chi connectivity index (χ0n) is 8.26. The highest BCUT2D eigenvalue weighted by Crippen LogP contribution is 2.31. The Kier molecular flexibility index (Phi) is 3.47.